The highest BCUT2D eigenvalue weighted by molar-refractivity contribution is 5.14. The van der Waals surface area contributed by atoms with E-state index >= 15 is 0 Å². The van der Waals surface area contributed by atoms with Crippen LogP contribution in [0.4, 0.5) is 0 Å². The van der Waals surface area contributed by atoms with Crippen LogP contribution in [0.25, 0.3) is 0 Å². The minimum atomic E-state index is 0.860. The van der Waals surface area contributed by atoms with Crippen molar-refractivity contribution in [2.24, 2.45) is 11.8 Å². The third-order valence-electron chi connectivity index (χ3n) is 3.31. The van der Waals surface area contributed by atoms with Crippen LogP contribution in [0.3, 0.4) is 0 Å². The monoisotopic (exact) mass is 189 g/mol. The van der Waals surface area contributed by atoms with Gasteiger partial charge in [-0.15, -0.1) is 0 Å². The van der Waals surface area contributed by atoms with E-state index in [4.69, 9.17) is 0 Å². The molecule has 0 aromatic heterocycles. The number of nitrogens with zero attached hydrogens (tertiary/aromatic N) is 1. The molecule has 0 radical (unpaired) electrons. The fourth-order valence-corrected chi connectivity index (χ4v) is 2.22. The number of hydrogen-bond acceptors (Lipinski definition) is 1. The smallest absolute Gasteiger partial charge is 0.0233 e. The maximum Gasteiger partial charge on any atom is 0.0233 e. The molecule has 0 unspecified atom stereocenters. The minimum absolute atomic E-state index is 0.860. The summed E-state index contributed by atoms with van der Waals surface area (Å²) in [6.07, 6.45) is 0. The van der Waals surface area contributed by atoms with Gasteiger partial charge in [0.1, 0.15) is 0 Å². The van der Waals surface area contributed by atoms with Crippen LogP contribution in [0.1, 0.15) is 19.4 Å². The molecule has 1 aliphatic rings. The number of rotatable bonds is 2. The second kappa shape index (κ2) is 4.14. The quantitative estimate of drug-likeness (QED) is 0.691. The lowest BCUT2D eigenvalue weighted by Crippen LogP contribution is -2.19. The summed E-state index contributed by atoms with van der Waals surface area (Å²) in [4.78, 5) is 2.56. The molecule has 2 atom stereocenters. The van der Waals surface area contributed by atoms with Crippen LogP contribution >= 0.6 is 0 Å². The van der Waals surface area contributed by atoms with Gasteiger partial charge in [-0.25, -0.2) is 0 Å². The van der Waals surface area contributed by atoms with Crippen molar-refractivity contribution in [2.75, 3.05) is 13.1 Å². The first-order valence-electron chi connectivity index (χ1n) is 5.52. The highest BCUT2D eigenvalue weighted by Gasteiger charge is 2.25. The topological polar surface area (TPSA) is 3.24 Å². The summed E-state index contributed by atoms with van der Waals surface area (Å²) in [7, 11) is 0. The molecule has 76 valence electrons. The summed E-state index contributed by atoms with van der Waals surface area (Å²) in [5, 5.41) is 0. The Morgan fingerprint density at radius 2 is 1.64 bits per heavy atom. The van der Waals surface area contributed by atoms with Crippen LogP contribution in [0.2, 0.25) is 0 Å². The van der Waals surface area contributed by atoms with Crippen molar-refractivity contribution >= 4 is 0 Å². The third kappa shape index (κ3) is 2.16. The van der Waals surface area contributed by atoms with E-state index in [9.17, 15) is 0 Å². The molecule has 0 saturated carbocycles. The van der Waals surface area contributed by atoms with Gasteiger partial charge in [0.15, 0.2) is 0 Å². The van der Waals surface area contributed by atoms with Gasteiger partial charge in [0.25, 0.3) is 0 Å². The zero-order chi connectivity index (χ0) is 9.97. The zero-order valence-electron chi connectivity index (χ0n) is 9.11. The van der Waals surface area contributed by atoms with Crippen molar-refractivity contribution in [2.45, 2.75) is 20.4 Å². The summed E-state index contributed by atoms with van der Waals surface area (Å²) in [6, 6.07) is 10.8. The van der Waals surface area contributed by atoms with E-state index < -0.39 is 0 Å². The summed E-state index contributed by atoms with van der Waals surface area (Å²) in [5.41, 5.74) is 1.44. The lowest BCUT2D eigenvalue weighted by atomic mass is 10.0. The van der Waals surface area contributed by atoms with E-state index in [1.165, 1.54) is 18.7 Å². The van der Waals surface area contributed by atoms with Crippen LogP contribution in [-0.4, -0.2) is 18.0 Å². The Morgan fingerprint density at radius 1 is 1.07 bits per heavy atom. The maximum atomic E-state index is 2.56. The second-order valence-electron chi connectivity index (χ2n) is 4.63. The Kier molecular flexibility index (Phi) is 2.87. The van der Waals surface area contributed by atoms with Gasteiger partial charge in [-0.05, 0) is 17.4 Å². The van der Waals surface area contributed by atoms with Gasteiger partial charge in [0.05, 0.1) is 0 Å². The first-order chi connectivity index (χ1) is 6.75. The average molecular weight is 189 g/mol. The molecular formula is C13H19N. The highest BCUT2D eigenvalue weighted by Crippen LogP contribution is 2.23. The number of likely N-dealkylation sites (tertiary alicyclic amines) is 1. The predicted octanol–water partition coefficient (Wildman–Crippen LogP) is 2.77. The van der Waals surface area contributed by atoms with Crippen LogP contribution < -0.4 is 0 Å². The van der Waals surface area contributed by atoms with Crippen molar-refractivity contribution in [1.82, 2.24) is 4.90 Å². The van der Waals surface area contributed by atoms with Crippen LogP contribution in [0, 0.1) is 11.8 Å². The number of hydrogen-bond donors (Lipinski definition) is 0. The molecule has 1 nitrogen and oxygen atoms in total. The van der Waals surface area contributed by atoms with E-state index in [2.05, 4.69) is 49.1 Å². The van der Waals surface area contributed by atoms with Gasteiger partial charge in [-0.3, -0.25) is 4.90 Å². The van der Waals surface area contributed by atoms with Crippen LogP contribution in [0.15, 0.2) is 30.3 Å². The Bertz CT molecular complexity index is 271. The molecule has 1 aromatic carbocycles. The summed E-state index contributed by atoms with van der Waals surface area (Å²) < 4.78 is 0. The summed E-state index contributed by atoms with van der Waals surface area (Å²) in [5.74, 6) is 1.72. The predicted molar refractivity (Wildman–Crippen MR) is 60.0 cm³/mol. The van der Waals surface area contributed by atoms with E-state index in [0.29, 0.717) is 0 Å². The fourth-order valence-electron chi connectivity index (χ4n) is 2.22. The highest BCUT2D eigenvalue weighted by atomic mass is 15.1. The molecular weight excluding hydrogens is 170 g/mol. The second-order valence-corrected chi connectivity index (χ2v) is 4.63. The zero-order valence-corrected chi connectivity index (χ0v) is 9.11. The van der Waals surface area contributed by atoms with Crippen LogP contribution in [-0.2, 0) is 6.54 Å². The normalized spacial score (nSPS) is 28.1. The average Bonchev–Trinajstić information content (AvgIpc) is 2.47. The molecule has 1 saturated heterocycles. The van der Waals surface area contributed by atoms with Crippen molar-refractivity contribution in [3.05, 3.63) is 35.9 Å². The van der Waals surface area contributed by atoms with Gasteiger partial charge in [0, 0.05) is 19.6 Å². The summed E-state index contributed by atoms with van der Waals surface area (Å²) >= 11 is 0. The minimum Gasteiger partial charge on any atom is -0.299 e. The molecule has 1 heteroatoms. The Morgan fingerprint density at radius 3 is 2.21 bits per heavy atom. The first-order valence-corrected chi connectivity index (χ1v) is 5.52. The third-order valence-corrected chi connectivity index (χ3v) is 3.31. The van der Waals surface area contributed by atoms with Gasteiger partial charge < -0.3 is 0 Å². The van der Waals surface area contributed by atoms with E-state index in [1.807, 2.05) is 0 Å². The van der Waals surface area contributed by atoms with Crippen LogP contribution in [0.5, 0.6) is 0 Å². The van der Waals surface area contributed by atoms with E-state index in [-0.39, 0.29) is 0 Å². The summed E-state index contributed by atoms with van der Waals surface area (Å²) in [6.45, 7) is 8.35. The van der Waals surface area contributed by atoms with Gasteiger partial charge in [-0.1, -0.05) is 44.2 Å². The van der Waals surface area contributed by atoms with Gasteiger partial charge >= 0.3 is 0 Å². The van der Waals surface area contributed by atoms with Gasteiger partial charge in [-0.2, -0.15) is 0 Å². The van der Waals surface area contributed by atoms with E-state index in [0.717, 1.165) is 18.4 Å². The molecule has 0 bridgehead atoms. The van der Waals surface area contributed by atoms with Crippen molar-refractivity contribution in [3.8, 4) is 0 Å². The largest absolute Gasteiger partial charge is 0.299 e. The Labute approximate surface area is 86.7 Å². The lowest BCUT2D eigenvalue weighted by molar-refractivity contribution is 0.316. The Hall–Kier alpha value is -0.820. The molecule has 0 N–H and O–H groups in total. The molecule has 1 heterocycles. The van der Waals surface area contributed by atoms with E-state index in [1.54, 1.807) is 0 Å². The molecule has 1 aliphatic heterocycles. The van der Waals surface area contributed by atoms with Crippen molar-refractivity contribution in [3.63, 3.8) is 0 Å². The van der Waals surface area contributed by atoms with Gasteiger partial charge in [0.2, 0.25) is 0 Å². The SMILES string of the molecule is C[C@@H]1CN(Cc2ccccc2)C[C@H]1C. The van der Waals surface area contributed by atoms with Crippen molar-refractivity contribution < 1.29 is 0 Å². The number of benzene rings is 1. The lowest BCUT2D eigenvalue weighted by Gasteiger charge is -2.14. The van der Waals surface area contributed by atoms with Crippen molar-refractivity contribution in [1.29, 1.82) is 0 Å². The molecule has 0 amide bonds. The molecule has 0 spiro atoms. The maximum absolute atomic E-state index is 2.56. The molecule has 0 aliphatic carbocycles. The molecule has 14 heavy (non-hydrogen) atoms. The molecule has 1 aromatic rings. The molecule has 1 fully saturated rings. The molecule has 2 rings (SSSR count). The Balaban J connectivity index is 1.94. The fraction of sp³-hybridized carbons (Fsp3) is 0.538. The standard InChI is InChI=1S/C13H19N/c1-11-8-14(9-12(11)2)10-13-6-4-3-5-7-13/h3-7,11-12H,8-10H2,1-2H3/t11-,12-/m1/s1. The first kappa shape index (κ1) is 9.72.